The molecule has 2 bridgehead atoms. The molecule has 1 aliphatic heterocycles. The van der Waals surface area contributed by atoms with Crippen LogP contribution in [-0.2, 0) is 0 Å². The molecule has 1 aromatic rings. The molecule has 2 aliphatic rings. The van der Waals surface area contributed by atoms with Gasteiger partial charge in [0.05, 0.1) is 0 Å². The SMILES string of the molecule is Cc1cc(C(=O)N2CC3(C)CC2CC(C)(C)C3)ccc1Br. The van der Waals surface area contributed by atoms with Gasteiger partial charge in [0.1, 0.15) is 0 Å². The lowest BCUT2D eigenvalue weighted by Gasteiger charge is -2.39. The summed E-state index contributed by atoms with van der Waals surface area (Å²) in [6.07, 6.45) is 3.52. The molecule has 2 atom stereocenters. The molecule has 2 nitrogen and oxygen atoms in total. The maximum atomic E-state index is 12.9. The number of amides is 1. The fourth-order valence-electron chi connectivity index (χ4n) is 4.64. The summed E-state index contributed by atoms with van der Waals surface area (Å²) in [4.78, 5) is 15.1. The Balaban J connectivity index is 1.87. The molecule has 1 aromatic carbocycles. The van der Waals surface area contributed by atoms with Gasteiger partial charge in [0.2, 0.25) is 0 Å². The van der Waals surface area contributed by atoms with Gasteiger partial charge in [-0.25, -0.2) is 0 Å². The van der Waals surface area contributed by atoms with Crippen LogP contribution in [0.25, 0.3) is 0 Å². The summed E-state index contributed by atoms with van der Waals surface area (Å²) in [6, 6.07) is 6.34. The second kappa shape index (κ2) is 4.84. The van der Waals surface area contributed by atoms with Crippen molar-refractivity contribution in [1.29, 1.82) is 0 Å². The number of benzene rings is 1. The number of fused-ring (bicyclic) bond motifs is 2. The lowest BCUT2D eigenvalue weighted by Crippen LogP contribution is -2.37. The first-order valence-corrected chi connectivity index (χ1v) is 8.56. The average molecular weight is 350 g/mol. The largest absolute Gasteiger partial charge is 0.335 e. The first-order valence-electron chi connectivity index (χ1n) is 7.76. The Labute approximate surface area is 136 Å². The highest BCUT2D eigenvalue weighted by atomic mass is 79.9. The minimum absolute atomic E-state index is 0.206. The zero-order valence-corrected chi connectivity index (χ0v) is 15.0. The van der Waals surface area contributed by atoms with E-state index < -0.39 is 0 Å². The van der Waals surface area contributed by atoms with Gasteiger partial charge in [-0.2, -0.15) is 0 Å². The van der Waals surface area contributed by atoms with Crippen molar-refractivity contribution in [3.05, 3.63) is 33.8 Å². The Bertz CT molecular complexity index is 595. The van der Waals surface area contributed by atoms with Gasteiger partial charge in [-0.1, -0.05) is 36.7 Å². The topological polar surface area (TPSA) is 20.3 Å². The molecule has 1 aliphatic carbocycles. The molecule has 21 heavy (non-hydrogen) atoms. The van der Waals surface area contributed by atoms with Crippen molar-refractivity contribution >= 4 is 21.8 Å². The molecule has 1 saturated carbocycles. The summed E-state index contributed by atoms with van der Waals surface area (Å²) in [5.41, 5.74) is 2.59. The molecule has 3 rings (SSSR count). The van der Waals surface area contributed by atoms with Gasteiger partial charge in [0, 0.05) is 22.6 Å². The number of hydrogen-bond acceptors (Lipinski definition) is 1. The first kappa shape index (κ1) is 15.1. The van der Waals surface area contributed by atoms with Crippen molar-refractivity contribution < 1.29 is 4.79 Å². The predicted molar refractivity (Wildman–Crippen MR) is 89.4 cm³/mol. The summed E-state index contributed by atoms with van der Waals surface area (Å²) in [5.74, 6) is 0.206. The smallest absolute Gasteiger partial charge is 0.254 e. The Hall–Kier alpha value is -0.830. The molecule has 0 N–H and O–H groups in total. The van der Waals surface area contributed by atoms with Gasteiger partial charge >= 0.3 is 0 Å². The van der Waals surface area contributed by atoms with Crippen LogP contribution in [-0.4, -0.2) is 23.4 Å². The summed E-state index contributed by atoms with van der Waals surface area (Å²) in [5, 5.41) is 0. The molecule has 0 aromatic heterocycles. The summed E-state index contributed by atoms with van der Waals surface area (Å²) in [6.45, 7) is 9.98. The van der Waals surface area contributed by atoms with Gasteiger partial charge in [-0.15, -0.1) is 0 Å². The third-order valence-electron chi connectivity index (χ3n) is 5.08. The Kier molecular flexibility index (Phi) is 3.47. The third kappa shape index (κ3) is 2.77. The molecule has 114 valence electrons. The van der Waals surface area contributed by atoms with Crippen LogP contribution in [0.15, 0.2) is 22.7 Å². The van der Waals surface area contributed by atoms with Crippen LogP contribution < -0.4 is 0 Å². The van der Waals surface area contributed by atoms with Crippen molar-refractivity contribution in [1.82, 2.24) is 4.90 Å². The van der Waals surface area contributed by atoms with Gasteiger partial charge in [0.15, 0.2) is 0 Å². The van der Waals surface area contributed by atoms with E-state index >= 15 is 0 Å². The monoisotopic (exact) mass is 349 g/mol. The van der Waals surface area contributed by atoms with E-state index in [0.717, 1.165) is 35.0 Å². The number of hydrogen-bond donors (Lipinski definition) is 0. The van der Waals surface area contributed by atoms with E-state index in [-0.39, 0.29) is 5.91 Å². The third-order valence-corrected chi connectivity index (χ3v) is 5.97. The molecule has 1 saturated heterocycles. The lowest BCUT2D eigenvalue weighted by atomic mass is 9.65. The highest BCUT2D eigenvalue weighted by molar-refractivity contribution is 9.10. The van der Waals surface area contributed by atoms with E-state index in [4.69, 9.17) is 0 Å². The second-order valence-corrected chi connectivity index (χ2v) is 8.97. The van der Waals surface area contributed by atoms with Crippen LogP contribution in [0, 0.1) is 17.8 Å². The normalized spacial score (nSPS) is 30.5. The van der Waals surface area contributed by atoms with Crippen LogP contribution in [0.1, 0.15) is 56.0 Å². The van der Waals surface area contributed by atoms with Gasteiger partial charge in [-0.3, -0.25) is 4.79 Å². The van der Waals surface area contributed by atoms with E-state index in [1.54, 1.807) is 0 Å². The fourth-order valence-corrected chi connectivity index (χ4v) is 4.89. The number of nitrogens with zero attached hydrogens (tertiary/aromatic N) is 1. The standard InChI is InChI=1S/C18H24BrNO/c1-12-7-13(5-6-15(12)19)16(21)20-11-18(4)9-14(20)8-17(2,3)10-18/h5-7,14H,8-11H2,1-4H3. The molecule has 1 amide bonds. The number of carbonyl (C=O) groups is 1. The predicted octanol–water partition coefficient (Wildman–Crippen LogP) is 4.80. The van der Waals surface area contributed by atoms with Crippen molar-refractivity contribution in [2.75, 3.05) is 6.54 Å². The van der Waals surface area contributed by atoms with E-state index in [1.807, 2.05) is 25.1 Å². The molecule has 0 radical (unpaired) electrons. The zero-order chi connectivity index (χ0) is 15.4. The fraction of sp³-hybridized carbons (Fsp3) is 0.611. The second-order valence-electron chi connectivity index (χ2n) is 8.11. The average Bonchev–Trinajstić information content (AvgIpc) is 2.61. The Morgan fingerprint density at radius 3 is 2.67 bits per heavy atom. The van der Waals surface area contributed by atoms with Crippen molar-refractivity contribution in [3.8, 4) is 0 Å². The van der Waals surface area contributed by atoms with Crippen molar-refractivity contribution in [2.24, 2.45) is 10.8 Å². The maximum absolute atomic E-state index is 12.9. The quantitative estimate of drug-likeness (QED) is 0.713. The minimum Gasteiger partial charge on any atom is -0.335 e. The van der Waals surface area contributed by atoms with Crippen LogP contribution in [0.3, 0.4) is 0 Å². The van der Waals surface area contributed by atoms with Crippen LogP contribution in [0.4, 0.5) is 0 Å². The van der Waals surface area contributed by atoms with Crippen molar-refractivity contribution in [2.45, 2.75) is 53.0 Å². The maximum Gasteiger partial charge on any atom is 0.254 e. The summed E-state index contributed by atoms with van der Waals surface area (Å²) in [7, 11) is 0. The van der Waals surface area contributed by atoms with E-state index in [9.17, 15) is 4.79 Å². The lowest BCUT2D eigenvalue weighted by molar-refractivity contribution is 0.0708. The Morgan fingerprint density at radius 1 is 1.29 bits per heavy atom. The van der Waals surface area contributed by atoms with E-state index in [1.165, 1.54) is 6.42 Å². The molecule has 1 heterocycles. The molecular weight excluding hydrogens is 326 g/mol. The van der Waals surface area contributed by atoms with Crippen LogP contribution in [0.2, 0.25) is 0 Å². The molecule has 2 unspecified atom stereocenters. The molecular formula is C18H24BrNO. The number of halogens is 1. The van der Waals surface area contributed by atoms with Gasteiger partial charge in [-0.05, 0) is 60.8 Å². The van der Waals surface area contributed by atoms with Crippen LogP contribution >= 0.6 is 15.9 Å². The van der Waals surface area contributed by atoms with Crippen LogP contribution in [0.5, 0.6) is 0 Å². The number of carbonyl (C=O) groups excluding carboxylic acids is 1. The van der Waals surface area contributed by atoms with E-state index in [0.29, 0.717) is 16.9 Å². The van der Waals surface area contributed by atoms with Gasteiger partial charge in [0.25, 0.3) is 5.91 Å². The zero-order valence-electron chi connectivity index (χ0n) is 13.4. The number of aryl methyl sites for hydroxylation is 1. The summed E-state index contributed by atoms with van der Waals surface area (Å²) < 4.78 is 1.06. The highest BCUT2D eigenvalue weighted by Gasteiger charge is 2.50. The number of likely N-dealkylation sites (tertiary alicyclic amines) is 1. The molecule has 0 spiro atoms. The highest BCUT2D eigenvalue weighted by Crippen LogP contribution is 2.52. The Morgan fingerprint density at radius 2 is 2.00 bits per heavy atom. The number of rotatable bonds is 1. The van der Waals surface area contributed by atoms with Crippen molar-refractivity contribution in [3.63, 3.8) is 0 Å². The molecule has 3 heteroatoms. The first-order chi connectivity index (χ1) is 9.69. The molecule has 2 fully saturated rings. The summed E-state index contributed by atoms with van der Waals surface area (Å²) >= 11 is 3.51. The van der Waals surface area contributed by atoms with Gasteiger partial charge < -0.3 is 4.90 Å². The van der Waals surface area contributed by atoms with E-state index in [2.05, 4.69) is 41.6 Å². The minimum atomic E-state index is 0.206.